The number of rotatable bonds is 3. The molecular formula is C13H10N2O2. The summed E-state index contributed by atoms with van der Waals surface area (Å²) in [5.41, 5.74) is 1.46. The molecule has 2 aromatic rings. The first kappa shape index (κ1) is 11.0. The largest absolute Gasteiger partial charge is 0.321 e. The molecule has 0 aliphatic heterocycles. The van der Waals surface area contributed by atoms with Crippen LogP contribution in [0.4, 0.5) is 5.69 Å². The van der Waals surface area contributed by atoms with Crippen LogP contribution in [0.1, 0.15) is 20.7 Å². The Balaban J connectivity index is 2.22. The van der Waals surface area contributed by atoms with Gasteiger partial charge in [0.1, 0.15) is 0 Å². The summed E-state index contributed by atoms with van der Waals surface area (Å²) in [6, 6.07) is 10.1. The average molecular weight is 226 g/mol. The van der Waals surface area contributed by atoms with Gasteiger partial charge in [0.15, 0.2) is 6.29 Å². The van der Waals surface area contributed by atoms with Gasteiger partial charge >= 0.3 is 0 Å². The van der Waals surface area contributed by atoms with Crippen LogP contribution in [0.5, 0.6) is 0 Å². The molecule has 0 radical (unpaired) electrons. The van der Waals surface area contributed by atoms with Crippen LogP contribution in [-0.2, 0) is 0 Å². The minimum Gasteiger partial charge on any atom is -0.321 e. The number of carbonyl (C=O) groups excluding carboxylic acids is 2. The molecule has 1 aromatic heterocycles. The van der Waals surface area contributed by atoms with Crippen molar-refractivity contribution in [2.75, 3.05) is 5.32 Å². The van der Waals surface area contributed by atoms with Crippen molar-refractivity contribution in [2.24, 2.45) is 0 Å². The number of nitrogens with one attached hydrogen (secondary N) is 1. The predicted molar refractivity (Wildman–Crippen MR) is 64.0 cm³/mol. The summed E-state index contributed by atoms with van der Waals surface area (Å²) in [5, 5.41) is 2.68. The number of hydrogen-bond donors (Lipinski definition) is 1. The van der Waals surface area contributed by atoms with Gasteiger partial charge in [0.05, 0.1) is 5.69 Å². The van der Waals surface area contributed by atoms with Gasteiger partial charge in [-0.05, 0) is 24.3 Å². The summed E-state index contributed by atoms with van der Waals surface area (Å²) in [6.45, 7) is 0. The van der Waals surface area contributed by atoms with E-state index in [1.807, 2.05) is 0 Å². The van der Waals surface area contributed by atoms with Gasteiger partial charge in [-0.1, -0.05) is 12.1 Å². The van der Waals surface area contributed by atoms with Crippen LogP contribution in [0.25, 0.3) is 0 Å². The number of para-hydroxylation sites is 1. The Bertz CT molecular complexity index is 538. The Morgan fingerprint density at radius 2 is 1.82 bits per heavy atom. The van der Waals surface area contributed by atoms with E-state index in [4.69, 9.17) is 0 Å². The van der Waals surface area contributed by atoms with Crippen molar-refractivity contribution in [1.82, 2.24) is 4.98 Å². The molecule has 1 heterocycles. The molecule has 1 amide bonds. The molecule has 0 saturated heterocycles. The third kappa shape index (κ3) is 2.55. The standard InChI is InChI=1S/C13H10N2O2/c16-9-11-3-1-2-4-12(11)15-13(17)10-5-7-14-8-6-10/h1-9H,(H,15,17). The van der Waals surface area contributed by atoms with E-state index < -0.39 is 0 Å². The van der Waals surface area contributed by atoms with Crippen LogP contribution in [-0.4, -0.2) is 17.2 Å². The molecule has 17 heavy (non-hydrogen) atoms. The Labute approximate surface area is 98.3 Å². The Morgan fingerprint density at radius 3 is 2.53 bits per heavy atom. The van der Waals surface area contributed by atoms with Gasteiger partial charge in [-0.3, -0.25) is 14.6 Å². The molecule has 0 unspecified atom stereocenters. The summed E-state index contributed by atoms with van der Waals surface area (Å²) >= 11 is 0. The molecule has 2 rings (SSSR count). The fourth-order valence-corrected chi connectivity index (χ4v) is 1.41. The molecule has 4 nitrogen and oxygen atoms in total. The summed E-state index contributed by atoms with van der Waals surface area (Å²) in [7, 11) is 0. The molecule has 0 aliphatic rings. The Morgan fingerprint density at radius 1 is 1.12 bits per heavy atom. The van der Waals surface area contributed by atoms with Crippen molar-refractivity contribution in [2.45, 2.75) is 0 Å². The Hall–Kier alpha value is -2.49. The molecule has 4 heteroatoms. The highest BCUT2D eigenvalue weighted by atomic mass is 16.1. The highest BCUT2D eigenvalue weighted by Crippen LogP contribution is 2.13. The number of amides is 1. The SMILES string of the molecule is O=Cc1ccccc1NC(=O)c1ccncc1. The summed E-state index contributed by atoms with van der Waals surface area (Å²) in [5.74, 6) is -0.262. The maximum atomic E-state index is 11.8. The van der Waals surface area contributed by atoms with Crippen LogP contribution in [0.15, 0.2) is 48.8 Å². The predicted octanol–water partition coefficient (Wildman–Crippen LogP) is 2.15. The lowest BCUT2D eigenvalue weighted by Gasteiger charge is -2.06. The van der Waals surface area contributed by atoms with Gasteiger partial charge in [0, 0.05) is 23.5 Å². The highest BCUT2D eigenvalue weighted by molar-refractivity contribution is 6.06. The molecule has 0 spiro atoms. The summed E-state index contributed by atoms with van der Waals surface area (Å²) < 4.78 is 0. The smallest absolute Gasteiger partial charge is 0.255 e. The first-order valence-electron chi connectivity index (χ1n) is 5.07. The van der Waals surface area contributed by atoms with Crippen LogP contribution >= 0.6 is 0 Å². The first-order valence-corrected chi connectivity index (χ1v) is 5.07. The van der Waals surface area contributed by atoms with E-state index >= 15 is 0 Å². The third-order valence-electron chi connectivity index (χ3n) is 2.28. The van der Waals surface area contributed by atoms with Gasteiger partial charge in [-0.2, -0.15) is 0 Å². The van der Waals surface area contributed by atoms with E-state index in [9.17, 15) is 9.59 Å². The maximum Gasteiger partial charge on any atom is 0.255 e. The maximum absolute atomic E-state index is 11.8. The fraction of sp³-hybridized carbons (Fsp3) is 0. The number of aromatic nitrogens is 1. The number of anilines is 1. The second-order valence-electron chi connectivity index (χ2n) is 3.40. The minimum absolute atomic E-state index is 0.262. The first-order chi connectivity index (χ1) is 8.31. The normalized spacial score (nSPS) is 9.65. The quantitative estimate of drug-likeness (QED) is 0.816. The second-order valence-corrected chi connectivity index (χ2v) is 3.40. The molecule has 84 valence electrons. The summed E-state index contributed by atoms with van der Waals surface area (Å²) in [4.78, 5) is 26.4. The topological polar surface area (TPSA) is 59.1 Å². The van der Waals surface area contributed by atoms with Gasteiger partial charge in [0.2, 0.25) is 0 Å². The van der Waals surface area contributed by atoms with Crippen molar-refractivity contribution in [1.29, 1.82) is 0 Å². The molecule has 0 aliphatic carbocycles. The molecule has 0 fully saturated rings. The number of hydrogen-bond acceptors (Lipinski definition) is 3. The van der Waals surface area contributed by atoms with Crippen LogP contribution in [0.2, 0.25) is 0 Å². The zero-order valence-electron chi connectivity index (χ0n) is 8.96. The van der Waals surface area contributed by atoms with E-state index in [0.717, 1.165) is 0 Å². The van der Waals surface area contributed by atoms with Gasteiger partial charge < -0.3 is 5.32 Å². The number of carbonyl (C=O) groups is 2. The van der Waals surface area contributed by atoms with Crippen LogP contribution < -0.4 is 5.32 Å². The molecule has 0 bridgehead atoms. The second kappa shape index (κ2) is 5.03. The Kier molecular flexibility index (Phi) is 3.25. The molecular weight excluding hydrogens is 216 g/mol. The monoisotopic (exact) mass is 226 g/mol. The van der Waals surface area contributed by atoms with Gasteiger partial charge in [-0.15, -0.1) is 0 Å². The number of aldehydes is 1. The minimum atomic E-state index is -0.262. The van der Waals surface area contributed by atoms with E-state index in [-0.39, 0.29) is 5.91 Å². The fourth-order valence-electron chi connectivity index (χ4n) is 1.41. The number of nitrogens with zero attached hydrogens (tertiary/aromatic N) is 1. The van der Waals surface area contributed by atoms with Crippen LogP contribution in [0, 0.1) is 0 Å². The molecule has 1 aromatic carbocycles. The van der Waals surface area contributed by atoms with Crippen molar-refractivity contribution in [3.8, 4) is 0 Å². The zero-order valence-corrected chi connectivity index (χ0v) is 8.96. The number of pyridine rings is 1. The molecule has 1 N–H and O–H groups in total. The van der Waals surface area contributed by atoms with Crippen molar-refractivity contribution in [3.05, 3.63) is 59.9 Å². The molecule has 0 atom stereocenters. The van der Waals surface area contributed by atoms with E-state index in [1.165, 1.54) is 0 Å². The highest BCUT2D eigenvalue weighted by Gasteiger charge is 2.07. The lowest BCUT2D eigenvalue weighted by atomic mass is 10.2. The van der Waals surface area contributed by atoms with Crippen molar-refractivity contribution in [3.63, 3.8) is 0 Å². The lowest BCUT2D eigenvalue weighted by molar-refractivity contribution is 0.102. The van der Waals surface area contributed by atoms with Crippen molar-refractivity contribution < 1.29 is 9.59 Å². The zero-order chi connectivity index (χ0) is 12.1. The van der Waals surface area contributed by atoms with Crippen molar-refractivity contribution >= 4 is 17.9 Å². The van der Waals surface area contributed by atoms with Gasteiger partial charge in [0.25, 0.3) is 5.91 Å². The lowest BCUT2D eigenvalue weighted by Crippen LogP contribution is -2.13. The van der Waals surface area contributed by atoms with Crippen LogP contribution in [0.3, 0.4) is 0 Å². The van der Waals surface area contributed by atoms with E-state index in [2.05, 4.69) is 10.3 Å². The number of benzene rings is 1. The van der Waals surface area contributed by atoms with Gasteiger partial charge in [-0.25, -0.2) is 0 Å². The third-order valence-corrected chi connectivity index (χ3v) is 2.28. The average Bonchev–Trinajstić information content (AvgIpc) is 2.40. The van der Waals surface area contributed by atoms with E-state index in [1.54, 1.807) is 48.8 Å². The summed E-state index contributed by atoms with van der Waals surface area (Å²) in [6.07, 6.45) is 3.79. The molecule has 0 saturated carbocycles. The van der Waals surface area contributed by atoms with E-state index in [0.29, 0.717) is 23.1 Å².